The van der Waals surface area contributed by atoms with Crippen molar-refractivity contribution < 1.29 is 4.74 Å². The third-order valence-electron chi connectivity index (χ3n) is 3.08. The summed E-state index contributed by atoms with van der Waals surface area (Å²) >= 11 is 0. The molecule has 1 saturated heterocycles. The number of hydrogen-bond donors (Lipinski definition) is 1. The fraction of sp³-hybridized carbons (Fsp3) is 0.467. The molecule has 0 aromatic heterocycles. The van der Waals surface area contributed by atoms with Gasteiger partial charge in [-0.25, -0.2) is 0 Å². The zero-order valence-corrected chi connectivity index (χ0v) is 10.7. The lowest BCUT2D eigenvalue weighted by Gasteiger charge is -2.15. The summed E-state index contributed by atoms with van der Waals surface area (Å²) < 4.78 is 5.81. The summed E-state index contributed by atoms with van der Waals surface area (Å²) in [6, 6.07) is 7.87. The largest absolute Gasteiger partial charge is 0.491 e. The topological polar surface area (TPSA) is 38.5 Å². The fourth-order valence-electron chi connectivity index (χ4n) is 2.13. The molecule has 1 fully saturated rings. The number of rotatable bonds is 4. The molecule has 0 saturated carbocycles. The van der Waals surface area contributed by atoms with Gasteiger partial charge in [-0.3, -0.25) is 4.90 Å². The Morgan fingerprint density at radius 3 is 2.78 bits per heavy atom. The van der Waals surface area contributed by atoms with E-state index in [4.69, 9.17) is 10.5 Å². The highest BCUT2D eigenvalue weighted by molar-refractivity contribution is 5.45. The standard InChI is InChI=1S/C15H20N2O/c16-9-5-7-14-6-1-2-8-15(14)18-13-12-17-10-3-4-11-17/h1-2,6,8H,3-4,9-13,16H2. The Kier molecular flexibility index (Phi) is 5.07. The van der Waals surface area contributed by atoms with E-state index in [1.807, 2.05) is 24.3 Å². The molecule has 1 heterocycles. The highest BCUT2D eigenvalue weighted by Gasteiger charge is 2.11. The van der Waals surface area contributed by atoms with Crippen LogP contribution in [0.3, 0.4) is 0 Å². The van der Waals surface area contributed by atoms with Gasteiger partial charge in [0, 0.05) is 6.54 Å². The lowest BCUT2D eigenvalue weighted by Crippen LogP contribution is -2.25. The van der Waals surface area contributed by atoms with Crippen LogP contribution in [0.5, 0.6) is 5.75 Å². The van der Waals surface area contributed by atoms with Crippen LogP contribution >= 0.6 is 0 Å². The molecule has 1 aromatic rings. The quantitative estimate of drug-likeness (QED) is 0.815. The van der Waals surface area contributed by atoms with Crippen LogP contribution in [0.1, 0.15) is 18.4 Å². The van der Waals surface area contributed by atoms with Gasteiger partial charge in [-0.15, -0.1) is 0 Å². The van der Waals surface area contributed by atoms with Crippen LogP contribution < -0.4 is 10.5 Å². The highest BCUT2D eigenvalue weighted by atomic mass is 16.5. The molecular formula is C15H20N2O. The van der Waals surface area contributed by atoms with Gasteiger partial charge < -0.3 is 10.5 Å². The van der Waals surface area contributed by atoms with Gasteiger partial charge in [0.25, 0.3) is 0 Å². The second-order valence-electron chi connectivity index (χ2n) is 4.40. The van der Waals surface area contributed by atoms with Crippen LogP contribution in [0, 0.1) is 11.8 Å². The first-order valence-electron chi connectivity index (χ1n) is 6.53. The summed E-state index contributed by atoms with van der Waals surface area (Å²) in [4.78, 5) is 2.44. The predicted molar refractivity (Wildman–Crippen MR) is 73.5 cm³/mol. The van der Waals surface area contributed by atoms with Crippen LogP contribution in [-0.2, 0) is 0 Å². The monoisotopic (exact) mass is 244 g/mol. The van der Waals surface area contributed by atoms with Gasteiger partial charge in [0.2, 0.25) is 0 Å². The second kappa shape index (κ2) is 7.05. The Balaban J connectivity index is 1.87. The van der Waals surface area contributed by atoms with Crippen LogP contribution in [-0.4, -0.2) is 37.7 Å². The van der Waals surface area contributed by atoms with Crippen molar-refractivity contribution in [3.63, 3.8) is 0 Å². The van der Waals surface area contributed by atoms with E-state index in [9.17, 15) is 0 Å². The van der Waals surface area contributed by atoms with Crippen LogP contribution in [0.25, 0.3) is 0 Å². The molecule has 2 N–H and O–H groups in total. The van der Waals surface area contributed by atoms with Gasteiger partial charge >= 0.3 is 0 Å². The molecule has 0 radical (unpaired) electrons. The van der Waals surface area contributed by atoms with E-state index in [-0.39, 0.29) is 0 Å². The molecule has 3 heteroatoms. The van der Waals surface area contributed by atoms with Crippen molar-refractivity contribution in [1.82, 2.24) is 4.90 Å². The van der Waals surface area contributed by atoms with Crippen LogP contribution in [0.15, 0.2) is 24.3 Å². The maximum absolute atomic E-state index is 5.81. The molecule has 2 rings (SSSR count). The number of benzene rings is 1. The average Bonchev–Trinajstić information content (AvgIpc) is 2.91. The van der Waals surface area contributed by atoms with E-state index in [1.54, 1.807) is 0 Å². The summed E-state index contributed by atoms with van der Waals surface area (Å²) in [5, 5.41) is 0. The molecule has 0 amide bonds. The Bertz CT molecular complexity index is 428. The lowest BCUT2D eigenvalue weighted by atomic mass is 10.2. The summed E-state index contributed by atoms with van der Waals surface area (Å²) in [5.74, 6) is 6.76. The fourth-order valence-corrected chi connectivity index (χ4v) is 2.13. The van der Waals surface area contributed by atoms with E-state index in [2.05, 4.69) is 16.7 Å². The summed E-state index contributed by atoms with van der Waals surface area (Å²) in [6.07, 6.45) is 2.64. The minimum atomic E-state index is 0.377. The average molecular weight is 244 g/mol. The van der Waals surface area contributed by atoms with Crippen LogP contribution in [0.2, 0.25) is 0 Å². The number of para-hydroxylation sites is 1. The van der Waals surface area contributed by atoms with E-state index >= 15 is 0 Å². The zero-order chi connectivity index (χ0) is 12.6. The molecule has 0 spiro atoms. The molecule has 1 aliphatic rings. The molecule has 0 atom stereocenters. The van der Waals surface area contributed by atoms with Gasteiger partial charge in [0.15, 0.2) is 0 Å². The van der Waals surface area contributed by atoms with E-state index < -0.39 is 0 Å². The minimum Gasteiger partial charge on any atom is -0.491 e. The Labute approximate surface area is 109 Å². The predicted octanol–water partition coefficient (Wildman–Crippen LogP) is 1.47. The molecule has 96 valence electrons. The zero-order valence-electron chi connectivity index (χ0n) is 10.7. The minimum absolute atomic E-state index is 0.377. The molecule has 0 bridgehead atoms. The van der Waals surface area contributed by atoms with Crippen LogP contribution in [0.4, 0.5) is 0 Å². The van der Waals surface area contributed by atoms with Gasteiger partial charge in [-0.2, -0.15) is 0 Å². The molecule has 1 aromatic carbocycles. The Morgan fingerprint density at radius 2 is 2.00 bits per heavy atom. The Morgan fingerprint density at radius 1 is 1.22 bits per heavy atom. The van der Waals surface area contributed by atoms with Gasteiger partial charge in [0.05, 0.1) is 12.1 Å². The molecule has 1 aliphatic heterocycles. The molecule has 3 nitrogen and oxygen atoms in total. The third kappa shape index (κ3) is 3.76. The van der Waals surface area contributed by atoms with Gasteiger partial charge in [-0.05, 0) is 38.1 Å². The first-order valence-corrected chi connectivity index (χ1v) is 6.53. The van der Waals surface area contributed by atoms with Crippen molar-refractivity contribution in [1.29, 1.82) is 0 Å². The van der Waals surface area contributed by atoms with Gasteiger partial charge in [-0.1, -0.05) is 24.0 Å². The molecule has 18 heavy (non-hydrogen) atoms. The number of ether oxygens (including phenoxy) is 1. The van der Waals surface area contributed by atoms with Crippen molar-refractivity contribution in [2.75, 3.05) is 32.8 Å². The first-order chi connectivity index (χ1) is 8.90. The lowest BCUT2D eigenvalue weighted by molar-refractivity contribution is 0.237. The second-order valence-corrected chi connectivity index (χ2v) is 4.40. The van der Waals surface area contributed by atoms with E-state index in [0.717, 1.165) is 24.5 Å². The summed E-state index contributed by atoms with van der Waals surface area (Å²) in [5.41, 5.74) is 6.31. The van der Waals surface area contributed by atoms with Crippen molar-refractivity contribution in [3.05, 3.63) is 29.8 Å². The number of nitrogens with two attached hydrogens (primary N) is 1. The van der Waals surface area contributed by atoms with E-state index in [1.165, 1.54) is 25.9 Å². The van der Waals surface area contributed by atoms with Crippen molar-refractivity contribution >= 4 is 0 Å². The third-order valence-corrected chi connectivity index (χ3v) is 3.08. The SMILES string of the molecule is NCC#Cc1ccccc1OCCN1CCCC1. The van der Waals surface area contributed by atoms with Gasteiger partial charge in [0.1, 0.15) is 12.4 Å². The molecule has 0 aliphatic carbocycles. The van der Waals surface area contributed by atoms with E-state index in [0.29, 0.717) is 6.54 Å². The first kappa shape index (κ1) is 12.9. The maximum atomic E-state index is 5.81. The van der Waals surface area contributed by atoms with Crippen molar-refractivity contribution in [2.24, 2.45) is 5.73 Å². The van der Waals surface area contributed by atoms with Crippen molar-refractivity contribution in [3.8, 4) is 17.6 Å². The molecular weight excluding hydrogens is 224 g/mol. The molecule has 0 unspecified atom stereocenters. The Hall–Kier alpha value is -1.50. The normalized spacial score (nSPS) is 15.2. The highest BCUT2D eigenvalue weighted by Crippen LogP contribution is 2.16. The van der Waals surface area contributed by atoms with Crippen molar-refractivity contribution in [2.45, 2.75) is 12.8 Å². The summed E-state index contributed by atoms with van der Waals surface area (Å²) in [6.45, 7) is 4.51. The number of likely N-dealkylation sites (tertiary alicyclic amines) is 1. The summed E-state index contributed by atoms with van der Waals surface area (Å²) in [7, 11) is 0. The smallest absolute Gasteiger partial charge is 0.134 e. The number of hydrogen-bond acceptors (Lipinski definition) is 3. The number of nitrogens with zero attached hydrogens (tertiary/aromatic N) is 1. The maximum Gasteiger partial charge on any atom is 0.134 e.